The molecular formula is C19H18ClN3O. The number of rotatable bonds is 3. The molecule has 1 aliphatic heterocycles. The number of fused-ring (bicyclic) bond motifs is 1. The van der Waals surface area contributed by atoms with Crippen LogP contribution in [0, 0.1) is 6.92 Å². The lowest BCUT2D eigenvalue weighted by molar-refractivity contribution is 0.0804. The van der Waals surface area contributed by atoms with E-state index >= 15 is 0 Å². The van der Waals surface area contributed by atoms with E-state index in [1.807, 2.05) is 31.2 Å². The van der Waals surface area contributed by atoms with Crippen LogP contribution in [0.1, 0.15) is 29.3 Å². The Bertz CT molecular complexity index is 949. The number of pyridine rings is 1. The van der Waals surface area contributed by atoms with E-state index in [4.69, 9.17) is 16.6 Å². The predicted molar refractivity (Wildman–Crippen MR) is 95.4 cm³/mol. The second-order valence-corrected chi connectivity index (χ2v) is 6.73. The Hall–Kier alpha value is -2.17. The monoisotopic (exact) mass is 339 g/mol. The van der Waals surface area contributed by atoms with Crippen LogP contribution in [-0.2, 0) is 6.54 Å². The second-order valence-electron chi connectivity index (χ2n) is 6.30. The summed E-state index contributed by atoms with van der Waals surface area (Å²) < 4.78 is 1.60. The van der Waals surface area contributed by atoms with Gasteiger partial charge in [0.2, 0.25) is 0 Å². The van der Waals surface area contributed by atoms with Crippen LogP contribution >= 0.6 is 11.6 Å². The molecule has 3 heterocycles. The average molecular weight is 340 g/mol. The number of hydrogen-bond acceptors (Lipinski definition) is 3. The van der Waals surface area contributed by atoms with Crippen molar-refractivity contribution in [3.05, 3.63) is 80.9 Å². The van der Waals surface area contributed by atoms with E-state index in [0.29, 0.717) is 12.6 Å². The number of likely N-dealkylation sites (tertiary alicyclic amines) is 1. The molecule has 0 saturated carbocycles. The summed E-state index contributed by atoms with van der Waals surface area (Å²) in [6.07, 6.45) is 2.88. The highest BCUT2D eigenvalue weighted by molar-refractivity contribution is 6.30. The zero-order valence-corrected chi connectivity index (χ0v) is 14.2. The molecule has 0 aliphatic carbocycles. The zero-order valence-electron chi connectivity index (χ0n) is 13.4. The molecule has 3 aromatic rings. The van der Waals surface area contributed by atoms with Gasteiger partial charge in [0, 0.05) is 36.4 Å². The minimum Gasteiger partial charge on any atom is -0.290 e. The molecule has 122 valence electrons. The summed E-state index contributed by atoms with van der Waals surface area (Å²) in [6, 6.07) is 13.9. The van der Waals surface area contributed by atoms with Gasteiger partial charge in [-0.25, -0.2) is 4.98 Å². The van der Waals surface area contributed by atoms with Gasteiger partial charge in [0.25, 0.3) is 5.56 Å². The number of halogens is 1. The number of hydrogen-bond donors (Lipinski definition) is 0. The van der Waals surface area contributed by atoms with Crippen LogP contribution in [0.25, 0.3) is 5.65 Å². The van der Waals surface area contributed by atoms with E-state index in [1.54, 1.807) is 16.7 Å². The van der Waals surface area contributed by atoms with Crippen LogP contribution in [-0.4, -0.2) is 20.8 Å². The smallest absolute Gasteiger partial charge is 0.258 e. The highest BCUT2D eigenvalue weighted by Crippen LogP contribution is 2.34. The van der Waals surface area contributed by atoms with Gasteiger partial charge < -0.3 is 0 Å². The number of aromatic nitrogens is 2. The van der Waals surface area contributed by atoms with Crippen molar-refractivity contribution in [1.82, 2.24) is 14.3 Å². The Kier molecular flexibility index (Phi) is 3.87. The maximum Gasteiger partial charge on any atom is 0.258 e. The number of aryl methyl sites for hydroxylation is 1. The quantitative estimate of drug-likeness (QED) is 0.731. The van der Waals surface area contributed by atoms with Crippen LogP contribution in [0.3, 0.4) is 0 Å². The van der Waals surface area contributed by atoms with Gasteiger partial charge in [0.1, 0.15) is 5.65 Å². The van der Waals surface area contributed by atoms with Gasteiger partial charge >= 0.3 is 0 Å². The van der Waals surface area contributed by atoms with Crippen molar-refractivity contribution in [2.45, 2.75) is 25.9 Å². The van der Waals surface area contributed by atoms with E-state index in [1.165, 1.54) is 5.56 Å². The summed E-state index contributed by atoms with van der Waals surface area (Å²) in [4.78, 5) is 19.4. The predicted octanol–water partition coefficient (Wildman–Crippen LogP) is 3.60. The van der Waals surface area contributed by atoms with Crippen molar-refractivity contribution < 1.29 is 0 Å². The first kappa shape index (κ1) is 15.4. The van der Waals surface area contributed by atoms with Crippen molar-refractivity contribution in [2.24, 2.45) is 0 Å². The van der Waals surface area contributed by atoms with Crippen LogP contribution in [0.5, 0.6) is 0 Å². The highest BCUT2D eigenvalue weighted by atomic mass is 35.5. The molecule has 1 unspecified atom stereocenters. The Labute approximate surface area is 145 Å². The molecule has 4 nitrogen and oxygen atoms in total. The van der Waals surface area contributed by atoms with Gasteiger partial charge in [0.05, 0.1) is 5.69 Å². The molecule has 0 radical (unpaired) electrons. The lowest BCUT2D eigenvalue weighted by Gasteiger charge is -2.41. The topological polar surface area (TPSA) is 37.6 Å². The lowest BCUT2D eigenvalue weighted by Crippen LogP contribution is -2.40. The second kappa shape index (κ2) is 6.04. The van der Waals surface area contributed by atoms with E-state index in [2.05, 4.69) is 17.0 Å². The fraction of sp³-hybridized carbons (Fsp3) is 0.263. The molecule has 2 aromatic heterocycles. The molecule has 0 bridgehead atoms. The summed E-state index contributed by atoms with van der Waals surface area (Å²) >= 11 is 5.97. The number of nitrogens with zero attached hydrogens (tertiary/aromatic N) is 3. The maximum absolute atomic E-state index is 12.3. The van der Waals surface area contributed by atoms with Gasteiger partial charge in [-0.1, -0.05) is 29.8 Å². The average Bonchev–Trinajstić information content (AvgIpc) is 2.55. The molecule has 0 spiro atoms. The van der Waals surface area contributed by atoms with Gasteiger partial charge in [0.15, 0.2) is 0 Å². The molecule has 24 heavy (non-hydrogen) atoms. The summed E-state index contributed by atoms with van der Waals surface area (Å²) in [6.45, 7) is 3.68. The van der Waals surface area contributed by atoms with Crippen molar-refractivity contribution in [2.75, 3.05) is 6.54 Å². The normalized spacial score (nSPS) is 17.8. The maximum atomic E-state index is 12.3. The van der Waals surface area contributed by atoms with E-state index in [9.17, 15) is 4.79 Å². The summed E-state index contributed by atoms with van der Waals surface area (Å²) in [5.41, 5.74) is 3.81. The molecule has 0 amide bonds. The van der Waals surface area contributed by atoms with Crippen LogP contribution < -0.4 is 5.56 Å². The fourth-order valence-electron chi connectivity index (χ4n) is 3.29. The largest absolute Gasteiger partial charge is 0.290 e. The molecule has 1 aliphatic rings. The molecule has 1 fully saturated rings. The first-order chi connectivity index (χ1) is 11.6. The highest BCUT2D eigenvalue weighted by Gasteiger charge is 2.29. The van der Waals surface area contributed by atoms with Crippen molar-refractivity contribution in [1.29, 1.82) is 0 Å². The number of benzene rings is 1. The molecule has 4 rings (SSSR count). The van der Waals surface area contributed by atoms with Gasteiger partial charge in [-0.05, 0) is 42.7 Å². The van der Waals surface area contributed by atoms with Gasteiger partial charge in [-0.2, -0.15) is 0 Å². The summed E-state index contributed by atoms with van der Waals surface area (Å²) in [5.74, 6) is 0. The Morgan fingerprint density at radius 2 is 2.04 bits per heavy atom. The third-order valence-electron chi connectivity index (χ3n) is 4.69. The molecule has 1 atom stereocenters. The van der Waals surface area contributed by atoms with Crippen LogP contribution in [0.15, 0.2) is 53.5 Å². The molecule has 1 aromatic carbocycles. The van der Waals surface area contributed by atoms with Crippen molar-refractivity contribution >= 4 is 17.2 Å². The fourth-order valence-corrected chi connectivity index (χ4v) is 3.42. The van der Waals surface area contributed by atoms with Crippen LogP contribution in [0.2, 0.25) is 5.02 Å². The summed E-state index contributed by atoms with van der Waals surface area (Å²) in [7, 11) is 0. The van der Waals surface area contributed by atoms with Gasteiger partial charge in [-0.15, -0.1) is 0 Å². The minimum atomic E-state index is -0.0257. The van der Waals surface area contributed by atoms with Crippen molar-refractivity contribution in [3.8, 4) is 0 Å². The Balaban J connectivity index is 1.61. The van der Waals surface area contributed by atoms with E-state index < -0.39 is 0 Å². The van der Waals surface area contributed by atoms with E-state index in [0.717, 1.165) is 34.9 Å². The van der Waals surface area contributed by atoms with Crippen molar-refractivity contribution in [3.63, 3.8) is 0 Å². The molecular weight excluding hydrogens is 322 g/mol. The summed E-state index contributed by atoms with van der Waals surface area (Å²) in [5, 5.41) is 0.754. The SMILES string of the molecule is Cc1cccn2c(=O)cc(CN3CCC3c3ccc(Cl)cc3)nc12. The zero-order chi connectivity index (χ0) is 16.7. The minimum absolute atomic E-state index is 0.0257. The lowest BCUT2D eigenvalue weighted by atomic mass is 9.94. The van der Waals surface area contributed by atoms with Crippen LogP contribution in [0.4, 0.5) is 0 Å². The first-order valence-electron chi connectivity index (χ1n) is 8.09. The van der Waals surface area contributed by atoms with Gasteiger partial charge in [-0.3, -0.25) is 14.1 Å². The molecule has 0 N–H and O–H groups in total. The Morgan fingerprint density at radius 3 is 2.75 bits per heavy atom. The standard InChI is InChI=1S/C19H18ClN3O/c1-13-3-2-9-23-18(24)11-16(21-19(13)23)12-22-10-8-17(22)14-4-6-15(20)7-5-14/h2-7,9,11,17H,8,10,12H2,1H3. The Morgan fingerprint density at radius 1 is 1.25 bits per heavy atom. The van der Waals surface area contributed by atoms with E-state index in [-0.39, 0.29) is 5.56 Å². The third kappa shape index (κ3) is 2.72. The first-order valence-corrected chi connectivity index (χ1v) is 8.47. The molecule has 5 heteroatoms. The third-order valence-corrected chi connectivity index (χ3v) is 4.94. The molecule has 1 saturated heterocycles.